The quantitative estimate of drug-likeness (QED) is 0.776. The van der Waals surface area contributed by atoms with Crippen molar-refractivity contribution in [1.29, 1.82) is 0 Å². The van der Waals surface area contributed by atoms with Crippen molar-refractivity contribution in [3.8, 4) is 0 Å². The molecular formula is C16H17N3O2. The van der Waals surface area contributed by atoms with Gasteiger partial charge in [0.1, 0.15) is 0 Å². The number of benzene rings is 1. The van der Waals surface area contributed by atoms with Crippen LogP contribution in [0.1, 0.15) is 33.4 Å². The maximum Gasteiger partial charge on any atom is 0.289 e. The molecule has 3 rings (SSSR count). The van der Waals surface area contributed by atoms with Crippen LogP contribution in [0.5, 0.6) is 0 Å². The summed E-state index contributed by atoms with van der Waals surface area (Å²) in [5.74, 6) is 0.548. The van der Waals surface area contributed by atoms with Crippen LogP contribution in [0.15, 0.2) is 28.7 Å². The number of hydrogen-bond acceptors (Lipinski definition) is 3. The first kappa shape index (κ1) is 13.4. The van der Waals surface area contributed by atoms with Gasteiger partial charge in [-0.25, -0.2) is 4.98 Å². The summed E-state index contributed by atoms with van der Waals surface area (Å²) < 4.78 is 5.31. The van der Waals surface area contributed by atoms with Crippen molar-refractivity contribution in [3.63, 3.8) is 0 Å². The summed E-state index contributed by atoms with van der Waals surface area (Å²) in [7, 11) is 0. The highest BCUT2D eigenvalue weighted by Gasteiger charge is 2.15. The number of aromatic amines is 1. The van der Waals surface area contributed by atoms with Crippen LogP contribution in [0.3, 0.4) is 0 Å². The van der Waals surface area contributed by atoms with Crippen molar-refractivity contribution in [3.05, 3.63) is 52.9 Å². The molecule has 0 saturated carbocycles. The molecule has 21 heavy (non-hydrogen) atoms. The Balaban J connectivity index is 1.73. The third-order valence-corrected chi connectivity index (χ3v) is 3.38. The van der Waals surface area contributed by atoms with E-state index in [2.05, 4.69) is 27.4 Å². The Morgan fingerprint density at radius 3 is 2.81 bits per heavy atom. The fourth-order valence-corrected chi connectivity index (χ4v) is 2.44. The first-order chi connectivity index (χ1) is 10.0. The lowest BCUT2D eigenvalue weighted by Crippen LogP contribution is -2.23. The summed E-state index contributed by atoms with van der Waals surface area (Å²) in [4.78, 5) is 19.4. The number of aromatic nitrogens is 2. The van der Waals surface area contributed by atoms with Gasteiger partial charge in [-0.05, 0) is 43.0 Å². The van der Waals surface area contributed by atoms with Gasteiger partial charge >= 0.3 is 0 Å². The zero-order valence-corrected chi connectivity index (χ0v) is 12.3. The summed E-state index contributed by atoms with van der Waals surface area (Å²) in [5, 5.41) is 4.00. The molecule has 108 valence electrons. The monoisotopic (exact) mass is 283 g/mol. The third-order valence-electron chi connectivity index (χ3n) is 3.38. The largest absolute Gasteiger partial charge is 0.436 e. The van der Waals surface area contributed by atoms with Crippen molar-refractivity contribution < 1.29 is 9.21 Å². The Labute approximate surface area is 122 Å². The van der Waals surface area contributed by atoms with Crippen molar-refractivity contribution in [2.75, 3.05) is 0 Å². The Hall–Kier alpha value is -2.56. The molecule has 2 aromatic heterocycles. The van der Waals surface area contributed by atoms with Gasteiger partial charge in [-0.2, -0.15) is 0 Å². The standard InChI is InChI=1S/C16H17N3O2/c1-9-6-13-7-12(4-5-14(13)18-9)8-17-16(20)15-10(2)19-11(3)21-15/h4-7,18H,8H2,1-3H3,(H,17,20). The number of hydrogen-bond donors (Lipinski definition) is 2. The van der Waals surface area contributed by atoms with Crippen LogP contribution in [0.4, 0.5) is 0 Å². The van der Waals surface area contributed by atoms with E-state index in [0.29, 0.717) is 18.1 Å². The topological polar surface area (TPSA) is 70.9 Å². The van der Waals surface area contributed by atoms with Gasteiger partial charge in [-0.3, -0.25) is 4.79 Å². The molecule has 2 N–H and O–H groups in total. The van der Waals surface area contributed by atoms with Crippen molar-refractivity contribution in [2.24, 2.45) is 0 Å². The minimum absolute atomic E-state index is 0.238. The van der Waals surface area contributed by atoms with Crippen LogP contribution in [0.2, 0.25) is 0 Å². The number of carbonyl (C=O) groups is 1. The highest BCUT2D eigenvalue weighted by Crippen LogP contribution is 2.17. The number of rotatable bonds is 3. The number of fused-ring (bicyclic) bond motifs is 1. The first-order valence-corrected chi connectivity index (χ1v) is 6.83. The van der Waals surface area contributed by atoms with Crippen LogP contribution >= 0.6 is 0 Å². The Bertz CT molecular complexity index is 814. The minimum atomic E-state index is -0.238. The molecule has 5 heteroatoms. The molecule has 0 aliphatic rings. The first-order valence-electron chi connectivity index (χ1n) is 6.83. The molecule has 2 heterocycles. The summed E-state index contributed by atoms with van der Waals surface area (Å²) in [6.07, 6.45) is 0. The predicted molar refractivity (Wildman–Crippen MR) is 80.2 cm³/mol. The van der Waals surface area contributed by atoms with Crippen molar-refractivity contribution in [2.45, 2.75) is 27.3 Å². The molecular weight excluding hydrogens is 266 g/mol. The maximum absolute atomic E-state index is 12.1. The fraction of sp³-hybridized carbons (Fsp3) is 0.250. The van der Waals surface area contributed by atoms with E-state index in [1.165, 1.54) is 0 Å². The van der Waals surface area contributed by atoms with E-state index in [9.17, 15) is 4.79 Å². The van der Waals surface area contributed by atoms with E-state index in [1.807, 2.05) is 19.1 Å². The van der Waals surface area contributed by atoms with E-state index in [1.54, 1.807) is 13.8 Å². The van der Waals surface area contributed by atoms with Gasteiger partial charge in [0, 0.05) is 24.7 Å². The number of carbonyl (C=O) groups excluding carboxylic acids is 1. The zero-order chi connectivity index (χ0) is 15.0. The van der Waals surface area contributed by atoms with Gasteiger partial charge in [0.15, 0.2) is 5.89 Å². The van der Waals surface area contributed by atoms with E-state index >= 15 is 0 Å². The number of aryl methyl sites for hydroxylation is 3. The second-order valence-corrected chi connectivity index (χ2v) is 5.20. The molecule has 0 atom stereocenters. The molecule has 0 aliphatic heterocycles. The maximum atomic E-state index is 12.1. The highest BCUT2D eigenvalue weighted by molar-refractivity contribution is 5.92. The SMILES string of the molecule is Cc1cc2cc(CNC(=O)c3oc(C)nc3C)ccc2[nH]1. The molecule has 0 bridgehead atoms. The van der Waals surface area contributed by atoms with Gasteiger partial charge in [0.25, 0.3) is 5.91 Å². The molecule has 0 radical (unpaired) electrons. The van der Waals surface area contributed by atoms with Crippen LogP contribution in [-0.2, 0) is 6.54 Å². The molecule has 0 fully saturated rings. The molecule has 0 aliphatic carbocycles. The molecule has 0 unspecified atom stereocenters. The van der Waals surface area contributed by atoms with Crippen molar-refractivity contribution in [1.82, 2.24) is 15.3 Å². The summed E-state index contributed by atoms with van der Waals surface area (Å²) >= 11 is 0. The second kappa shape index (κ2) is 5.09. The lowest BCUT2D eigenvalue weighted by Gasteiger charge is -2.04. The number of amides is 1. The highest BCUT2D eigenvalue weighted by atomic mass is 16.4. The summed E-state index contributed by atoms with van der Waals surface area (Å²) in [6, 6.07) is 8.17. The van der Waals surface area contributed by atoms with Gasteiger partial charge in [-0.15, -0.1) is 0 Å². The Kier molecular flexibility index (Phi) is 3.25. The van der Waals surface area contributed by atoms with E-state index in [0.717, 1.165) is 22.2 Å². The van der Waals surface area contributed by atoms with Crippen LogP contribution in [-0.4, -0.2) is 15.9 Å². The van der Waals surface area contributed by atoms with Crippen LogP contribution < -0.4 is 5.32 Å². The Morgan fingerprint density at radius 2 is 2.10 bits per heavy atom. The predicted octanol–water partition coefficient (Wildman–Crippen LogP) is 3.01. The van der Waals surface area contributed by atoms with Gasteiger partial charge < -0.3 is 14.7 Å². The fourth-order valence-electron chi connectivity index (χ4n) is 2.44. The average molecular weight is 283 g/mol. The second-order valence-electron chi connectivity index (χ2n) is 5.20. The molecule has 0 saturated heterocycles. The lowest BCUT2D eigenvalue weighted by atomic mass is 10.1. The zero-order valence-electron chi connectivity index (χ0n) is 12.3. The minimum Gasteiger partial charge on any atom is -0.436 e. The number of nitrogens with one attached hydrogen (secondary N) is 2. The lowest BCUT2D eigenvalue weighted by molar-refractivity contribution is 0.0921. The summed E-state index contributed by atoms with van der Waals surface area (Å²) in [5.41, 5.74) is 3.88. The number of nitrogens with zero attached hydrogens (tertiary/aromatic N) is 1. The molecule has 1 amide bonds. The van der Waals surface area contributed by atoms with Gasteiger partial charge in [0.05, 0.1) is 5.69 Å². The van der Waals surface area contributed by atoms with Crippen molar-refractivity contribution >= 4 is 16.8 Å². The van der Waals surface area contributed by atoms with Gasteiger partial charge in [0.2, 0.25) is 5.76 Å². The Morgan fingerprint density at radius 1 is 1.29 bits per heavy atom. The van der Waals surface area contributed by atoms with E-state index in [4.69, 9.17) is 4.42 Å². The molecule has 0 spiro atoms. The number of oxazole rings is 1. The van der Waals surface area contributed by atoms with E-state index in [-0.39, 0.29) is 11.7 Å². The normalized spacial score (nSPS) is 11.0. The van der Waals surface area contributed by atoms with Gasteiger partial charge in [-0.1, -0.05) is 6.07 Å². The molecule has 5 nitrogen and oxygen atoms in total. The van der Waals surface area contributed by atoms with Crippen LogP contribution in [0, 0.1) is 20.8 Å². The third kappa shape index (κ3) is 2.67. The number of H-pyrrole nitrogens is 1. The summed E-state index contributed by atoms with van der Waals surface area (Å²) in [6.45, 7) is 5.97. The molecule has 3 aromatic rings. The smallest absolute Gasteiger partial charge is 0.289 e. The van der Waals surface area contributed by atoms with Crippen LogP contribution in [0.25, 0.3) is 10.9 Å². The average Bonchev–Trinajstić information content (AvgIpc) is 2.96. The van der Waals surface area contributed by atoms with E-state index < -0.39 is 0 Å². The molecule has 1 aromatic carbocycles.